The summed E-state index contributed by atoms with van der Waals surface area (Å²) in [5, 5.41) is 9.95. The Labute approximate surface area is 175 Å². The Hall–Kier alpha value is -2.80. The molecule has 7 nitrogen and oxygen atoms in total. The van der Waals surface area contributed by atoms with Gasteiger partial charge in [0.1, 0.15) is 10.9 Å². The van der Waals surface area contributed by atoms with Crippen LogP contribution in [-0.2, 0) is 17.8 Å². The molecule has 0 saturated heterocycles. The second-order valence-corrected chi connectivity index (χ2v) is 7.26. The van der Waals surface area contributed by atoms with Crippen molar-refractivity contribution in [3.8, 4) is 5.75 Å². The molecule has 3 rings (SSSR count). The highest BCUT2D eigenvalue weighted by molar-refractivity contribution is 6.29. The molecule has 0 radical (unpaired) electrons. The highest BCUT2D eigenvalue weighted by Crippen LogP contribution is 2.18. The molecular formula is C21H26ClN5O2. The molecule has 1 heterocycles. The highest BCUT2D eigenvalue weighted by atomic mass is 35.5. The third-order valence-electron chi connectivity index (χ3n) is 4.39. The van der Waals surface area contributed by atoms with Crippen LogP contribution in [0.1, 0.15) is 24.0 Å². The summed E-state index contributed by atoms with van der Waals surface area (Å²) in [5.74, 6) is 1.31. The van der Waals surface area contributed by atoms with E-state index in [-0.39, 0.29) is 12.5 Å². The van der Waals surface area contributed by atoms with E-state index in [0.29, 0.717) is 29.4 Å². The number of pyridine rings is 1. The van der Waals surface area contributed by atoms with Crippen molar-refractivity contribution >= 4 is 23.5 Å². The van der Waals surface area contributed by atoms with Gasteiger partial charge in [0.15, 0.2) is 12.6 Å². The minimum atomic E-state index is -0.0727. The largest absolute Gasteiger partial charge is 0.484 e. The molecule has 0 unspecified atom stereocenters. The normalized spacial score (nSPS) is 13.7. The van der Waals surface area contributed by atoms with E-state index in [1.54, 1.807) is 19.3 Å². The molecule has 8 heteroatoms. The molecule has 0 aliphatic heterocycles. The average molecular weight is 416 g/mol. The number of rotatable bonds is 9. The van der Waals surface area contributed by atoms with Gasteiger partial charge in [0.2, 0.25) is 0 Å². The zero-order valence-corrected chi connectivity index (χ0v) is 17.2. The maximum Gasteiger partial charge on any atom is 0.258 e. The van der Waals surface area contributed by atoms with E-state index in [0.717, 1.165) is 36.9 Å². The van der Waals surface area contributed by atoms with Crippen LogP contribution in [0.5, 0.6) is 5.75 Å². The molecule has 1 amide bonds. The minimum absolute atomic E-state index is 0.0379. The van der Waals surface area contributed by atoms with Crippen molar-refractivity contribution in [2.75, 3.05) is 20.2 Å². The molecule has 1 aliphatic rings. The highest BCUT2D eigenvalue weighted by Gasteiger charge is 2.23. The van der Waals surface area contributed by atoms with Crippen LogP contribution >= 0.6 is 11.6 Å². The summed E-state index contributed by atoms with van der Waals surface area (Å²) < 4.78 is 5.59. The van der Waals surface area contributed by atoms with Gasteiger partial charge in [-0.2, -0.15) is 0 Å². The van der Waals surface area contributed by atoms with Crippen LogP contribution in [0.25, 0.3) is 0 Å². The van der Waals surface area contributed by atoms with Gasteiger partial charge in [0.25, 0.3) is 5.91 Å². The molecule has 3 N–H and O–H groups in total. The number of hydrogen-bond acceptors (Lipinski definition) is 4. The van der Waals surface area contributed by atoms with Crippen LogP contribution in [0, 0.1) is 0 Å². The lowest BCUT2D eigenvalue weighted by atomic mass is 10.2. The fourth-order valence-corrected chi connectivity index (χ4v) is 2.79. The number of carbonyl (C=O) groups is 1. The first-order chi connectivity index (χ1) is 14.1. The molecule has 29 heavy (non-hydrogen) atoms. The van der Waals surface area contributed by atoms with Gasteiger partial charge < -0.3 is 20.7 Å². The minimum Gasteiger partial charge on any atom is -0.484 e. The smallest absolute Gasteiger partial charge is 0.258 e. The monoisotopic (exact) mass is 415 g/mol. The molecule has 1 aromatic heterocycles. The van der Waals surface area contributed by atoms with Gasteiger partial charge >= 0.3 is 0 Å². The fraction of sp³-hybridized carbons (Fsp3) is 0.381. The van der Waals surface area contributed by atoms with E-state index >= 15 is 0 Å². The number of hydrogen-bond donors (Lipinski definition) is 3. The summed E-state index contributed by atoms with van der Waals surface area (Å²) in [6, 6.07) is 11.8. The molecule has 154 valence electrons. The van der Waals surface area contributed by atoms with Crippen LogP contribution in [0.4, 0.5) is 0 Å². The zero-order valence-electron chi connectivity index (χ0n) is 16.5. The predicted octanol–water partition coefficient (Wildman–Crippen LogP) is 2.30. The molecular weight excluding hydrogens is 390 g/mol. The molecule has 1 fully saturated rings. The molecule has 1 saturated carbocycles. The van der Waals surface area contributed by atoms with Crippen molar-refractivity contribution in [3.05, 3.63) is 58.9 Å². The van der Waals surface area contributed by atoms with Gasteiger partial charge in [0.05, 0.1) is 0 Å². The topological polar surface area (TPSA) is 87.6 Å². The van der Waals surface area contributed by atoms with Gasteiger partial charge in [-0.1, -0.05) is 29.8 Å². The Morgan fingerprint density at radius 1 is 1.24 bits per heavy atom. The first-order valence-corrected chi connectivity index (χ1v) is 10.1. The van der Waals surface area contributed by atoms with Crippen LogP contribution in [0.3, 0.4) is 0 Å². The Morgan fingerprint density at radius 2 is 2.10 bits per heavy atom. The molecule has 0 atom stereocenters. The molecule has 0 spiro atoms. The summed E-state index contributed by atoms with van der Waals surface area (Å²) in [4.78, 5) is 20.1. The number of ether oxygens (including phenoxy) is 1. The standard InChI is InChI=1S/C21H26ClN5O2/c1-23-21(24-10-9-15-5-8-19(22)25-12-15)26-13-16-3-2-4-18(11-16)29-14-20(28)27-17-6-7-17/h2-5,8,11-12,17H,6-7,9-10,13-14H2,1H3,(H,27,28)(H2,23,24,26). The van der Waals surface area contributed by atoms with E-state index in [1.807, 2.05) is 30.3 Å². The van der Waals surface area contributed by atoms with Gasteiger partial charge in [-0.05, 0) is 48.6 Å². The summed E-state index contributed by atoms with van der Waals surface area (Å²) in [6.45, 7) is 1.35. The van der Waals surface area contributed by atoms with E-state index in [1.165, 1.54) is 0 Å². The van der Waals surface area contributed by atoms with Gasteiger partial charge in [-0.15, -0.1) is 0 Å². The summed E-state index contributed by atoms with van der Waals surface area (Å²) in [6.07, 6.45) is 4.73. The number of benzene rings is 1. The van der Waals surface area contributed by atoms with E-state index in [4.69, 9.17) is 16.3 Å². The number of nitrogens with zero attached hydrogens (tertiary/aromatic N) is 2. The Balaban J connectivity index is 1.40. The zero-order chi connectivity index (χ0) is 20.5. The van der Waals surface area contributed by atoms with E-state index in [9.17, 15) is 4.79 Å². The Morgan fingerprint density at radius 3 is 2.83 bits per heavy atom. The fourth-order valence-electron chi connectivity index (χ4n) is 2.68. The number of carbonyl (C=O) groups excluding carboxylic acids is 1. The molecule has 1 aliphatic carbocycles. The van der Waals surface area contributed by atoms with E-state index < -0.39 is 0 Å². The van der Waals surface area contributed by atoms with Crippen molar-refractivity contribution in [1.82, 2.24) is 20.9 Å². The first-order valence-electron chi connectivity index (χ1n) is 9.68. The van der Waals surface area contributed by atoms with Crippen molar-refractivity contribution in [3.63, 3.8) is 0 Å². The number of amides is 1. The van der Waals surface area contributed by atoms with E-state index in [2.05, 4.69) is 25.9 Å². The quantitative estimate of drug-likeness (QED) is 0.332. The SMILES string of the molecule is CN=C(NCCc1ccc(Cl)nc1)NCc1cccc(OCC(=O)NC2CC2)c1. The van der Waals surface area contributed by atoms with Crippen molar-refractivity contribution in [2.45, 2.75) is 31.8 Å². The van der Waals surface area contributed by atoms with Gasteiger partial charge in [0, 0.05) is 32.4 Å². The number of aromatic nitrogens is 1. The third kappa shape index (κ3) is 7.62. The number of aliphatic imine (C=N–C) groups is 1. The second-order valence-electron chi connectivity index (χ2n) is 6.87. The molecule has 1 aromatic carbocycles. The Kier molecular flexibility index (Phi) is 7.69. The third-order valence-corrected chi connectivity index (χ3v) is 4.61. The molecule has 2 aromatic rings. The summed E-state index contributed by atoms with van der Waals surface area (Å²) in [7, 11) is 1.73. The van der Waals surface area contributed by atoms with Crippen molar-refractivity contribution in [1.29, 1.82) is 0 Å². The second kappa shape index (κ2) is 10.7. The average Bonchev–Trinajstić information content (AvgIpc) is 3.54. The van der Waals surface area contributed by atoms with Gasteiger partial charge in [-0.3, -0.25) is 9.79 Å². The lowest BCUT2D eigenvalue weighted by molar-refractivity contribution is -0.123. The van der Waals surface area contributed by atoms with Crippen molar-refractivity contribution < 1.29 is 9.53 Å². The maximum atomic E-state index is 11.7. The Bertz CT molecular complexity index is 837. The first kappa shape index (κ1) is 20.9. The van der Waals surface area contributed by atoms with Crippen molar-refractivity contribution in [2.24, 2.45) is 4.99 Å². The number of guanidine groups is 1. The lowest BCUT2D eigenvalue weighted by Gasteiger charge is -2.13. The van der Waals surface area contributed by atoms with Crippen LogP contribution in [-0.4, -0.2) is 43.1 Å². The lowest BCUT2D eigenvalue weighted by Crippen LogP contribution is -2.37. The summed E-state index contributed by atoms with van der Waals surface area (Å²) in [5.41, 5.74) is 2.14. The van der Waals surface area contributed by atoms with Crippen LogP contribution in [0.15, 0.2) is 47.6 Å². The summed E-state index contributed by atoms with van der Waals surface area (Å²) >= 11 is 5.80. The predicted molar refractivity (Wildman–Crippen MR) is 114 cm³/mol. The number of halogens is 1. The number of nitrogens with one attached hydrogen (secondary N) is 3. The molecule has 0 bridgehead atoms. The van der Waals surface area contributed by atoms with Gasteiger partial charge in [-0.25, -0.2) is 4.98 Å². The van der Waals surface area contributed by atoms with Crippen LogP contribution < -0.4 is 20.7 Å². The maximum absolute atomic E-state index is 11.7. The van der Waals surface area contributed by atoms with Crippen LogP contribution in [0.2, 0.25) is 5.15 Å².